The van der Waals surface area contributed by atoms with Crippen LogP contribution in [-0.4, -0.2) is 7.11 Å². The SMILES string of the molecule is CCCCCCCCCCCCC(S)c1ccc(OC)c(C(S)CCCCCCCCCCCC)c1. The minimum Gasteiger partial charge on any atom is -0.496 e. The third-order valence-electron chi connectivity index (χ3n) is 7.66. The Morgan fingerprint density at radius 2 is 0.944 bits per heavy atom. The van der Waals surface area contributed by atoms with Crippen LogP contribution in [0, 0.1) is 0 Å². The summed E-state index contributed by atoms with van der Waals surface area (Å²) >= 11 is 9.96. The van der Waals surface area contributed by atoms with Crippen molar-refractivity contribution in [2.45, 2.75) is 166 Å². The molecule has 0 aliphatic heterocycles. The standard InChI is InChI=1S/C33H60OS2/c1-4-6-8-10-12-14-16-18-20-22-24-32(35)29-26-27-31(34-3)30(28-29)33(36)25-23-21-19-17-15-13-11-9-7-5-2/h26-28,32-33,35-36H,4-25H2,1-3H3. The van der Waals surface area contributed by atoms with Crippen molar-refractivity contribution in [3.63, 3.8) is 0 Å². The molecule has 0 radical (unpaired) electrons. The van der Waals surface area contributed by atoms with Crippen LogP contribution >= 0.6 is 25.3 Å². The average Bonchev–Trinajstić information content (AvgIpc) is 2.90. The van der Waals surface area contributed by atoms with Crippen LogP contribution in [0.2, 0.25) is 0 Å². The van der Waals surface area contributed by atoms with Crippen LogP contribution in [0.1, 0.15) is 177 Å². The molecule has 1 nitrogen and oxygen atoms in total. The van der Waals surface area contributed by atoms with Gasteiger partial charge >= 0.3 is 0 Å². The number of hydrogen-bond donors (Lipinski definition) is 2. The van der Waals surface area contributed by atoms with Crippen molar-refractivity contribution in [3.8, 4) is 5.75 Å². The van der Waals surface area contributed by atoms with Crippen LogP contribution in [0.25, 0.3) is 0 Å². The molecule has 0 spiro atoms. The minimum atomic E-state index is 0.242. The maximum absolute atomic E-state index is 5.69. The van der Waals surface area contributed by atoms with E-state index in [0.29, 0.717) is 5.25 Å². The molecule has 0 saturated carbocycles. The van der Waals surface area contributed by atoms with Gasteiger partial charge in [-0.2, -0.15) is 25.3 Å². The van der Waals surface area contributed by atoms with Gasteiger partial charge in [0.1, 0.15) is 5.75 Å². The highest BCUT2D eigenvalue weighted by Crippen LogP contribution is 2.37. The summed E-state index contributed by atoms with van der Waals surface area (Å²) in [6, 6.07) is 6.66. The van der Waals surface area contributed by atoms with E-state index >= 15 is 0 Å². The first-order chi connectivity index (χ1) is 17.6. The molecule has 2 atom stereocenters. The van der Waals surface area contributed by atoms with E-state index in [1.54, 1.807) is 7.11 Å². The van der Waals surface area contributed by atoms with Crippen molar-refractivity contribution < 1.29 is 4.74 Å². The van der Waals surface area contributed by atoms with Crippen molar-refractivity contribution in [1.29, 1.82) is 0 Å². The molecule has 0 aliphatic rings. The highest BCUT2D eigenvalue weighted by atomic mass is 32.1. The second-order valence-corrected chi connectivity index (χ2v) is 12.2. The van der Waals surface area contributed by atoms with Crippen LogP contribution in [0.5, 0.6) is 5.75 Å². The molecule has 2 unspecified atom stereocenters. The Morgan fingerprint density at radius 1 is 0.556 bits per heavy atom. The van der Waals surface area contributed by atoms with Crippen molar-refractivity contribution in [1.82, 2.24) is 0 Å². The van der Waals surface area contributed by atoms with Gasteiger partial charge in [0.2, 0.25) is 0 Å². The summed E-state index contributed by atoms with van der Waals surface area (Å²) in [5.74, 6) is 0.977. The van der Waals surface area contributed by atoms with E-state index in [0.717, 1.165) is 18.6 Å². The third-order valence-corrected chi connectivity index (χ3v) is 8.75. The molecule has 1 aromatic rings. The van der Waals surface area contributed by atoms with E-state index in [-0.39, 0.29) is 5.25 Å². The van der Waals surface area contributed by atoms with E-state index in [1.165, 1.54) is 140 Å². The van der Waals surface area contributed by atoms with Gasteiger partial charge < -0.3 is 4.74 Å². The zero-order valence-corrected chi connectivity index (χ0v) is 26.0. The van der Waals surface area contributed by atoms with Crippen molar-refractivity contribution in [2.75, 3.05) is 7.11 Å². The molecular formula is C33H60OS2. The summed E-state index contributed by atoms with van der Waals surface area (Å²) in [5.41, 5.74) is 2.57. The normalized spacial score (nSPS) is 13.1. The molecule has 0 N–H and O–H groups in total. The predicted octanol–water partition coefficient (Wildman–Crippen LogP) is 12.3. The van der Waals surface area contributed by atoms with Gasteiger partial charge in [-0.05, 0) is 30.5 Å². The van der Waals surface area contributed by atoms with Crippen LogP contribution in [0.3, 0.4) is 0 Å². The summed E-state index contributed by atoms with van der Waals surface area (Å²) in [4.78, 5) is 0. The number of thiol groups is 2. The Balaban J connectivity index is 2.28. The lowest BCUT2D eigenvalue weighted by atomic mass is 9.98. The van der Waals surface area contributed by atoms with Gasteiger partial charge in [-0.3, -0.25) is 0 Å². The number of ether oxygens (including phenoxy) is 1. The molecule has 1 rings (SSSR count). The zero-order valence-electron chi connectivity index (χ0n) is 24.2. The minimum absolute atomic E-state index is 0.242. The summed E-state index contributed by atoms with van der Waals surface area (Å²) < 4.78 is 5.69. The van der Waals surface area contributed by atoms with E-state index in [2.05, 4.69) is 32.0 Å². The van der Waals surface area contributed by atoms with Crippen molar-refractivity contribution >= 4 is 25.3 Å². The van der Waals surface area contributed by atoms with Gasteiger partial charge in [-0.25, -0.2) is 0 Å². The molecular weight excluding hydrogens is 476 g/mol. The second-order valence-electron chi connectivity index (χ2n) is 11.0. The molecule has 0 amide bonds. The molecule has 3 heteroatoms. The number of rotatable bonds is 25. The Labute approximate surface area is 237 Å². The second kappa shape index (κ2) is 23.8. The van der Waals surface area contributed by atoms with E-state index in [1.807, 2.05) is 0 Å². The van der Waals surface area contributed by atoms with Gasteiger partial charge in [0.15, 0.2) is 0 Å². The molecule has 210 valence electrons. The monoisotopic (exact) mass is 536 g/mol. The number of methoxy groups -OCH3 is 1. The van der Waals surface area contributed by atoms with Crippen molar-refractivity contribution in [2.24, 2.45) is 0 Å². The zero-order chi connectivity index (χ0) is 26.3. The highest BCUT2D eigenvalue weighted by Gasteiger charge is 2.16. The number of hydrogen-bond acceptors (Lipinski definition) is 3. The fraction of sp³-hybridized carbons (Fsp3) is 0.818. The average molecular weight is 537 g/mol. The molecule has 0 fully saturated rings. The maximum Gasteiger partial charge on any atom is 0.123 e. The lowest BCUT2D eigenvalue weighted by Gasteiger charge is -2.19. The molecule has 1 aromatic carbocycles. The first-order valence-electron chi connectivity index (χ1n) is 15.7. The van der Waals surface area contributed by atoms with Gasteiger partial charge in [0.05, 0.1) is 7.11 Å². The Hall–Kier alpha value is -0.280. The van der Waals surface area contributed by atoms with Gasteiger partial charge in [-0.1, -0.05) is 148 Å². The summed E-state index contributed by atoms with van der Waals surface area (Å²) in [5, 5.41) is 0.549. The van der Waals surface area contributed by atoms with Crippen molar-refractivity contribution in [3.05, 3.63) is 29.3 Å². The topological polar surface area (TPSA) is 9.23 Å². The van der Waals surface area contributed by atoms with E-state index in [4.69, 9.17) is 30.0 Å². The summed E-state index contributed by atoms with van der Waals surface area (Å²) in [6.07, 6.45) is 29.8. The van der Waals surface area contributed by atoms with E-state index in [9.17, 15) is 0 Å². The molecule has 0 aliphatic carbocycles. The lowest BCUT2D eigenvalue weighted by molar-refractivity contribution is 0.408. The first kappa shape index (κ1) is 33.7. The smallest absolute Gasteiger partial charge is 0.123 e. The van der Waals surface area contributed by atoms with Gasteiger partial charge in [0, 0.05) is 16.1 Å². The fourth-order valence-electron chi connectivity index (χ4n) is 5.19. The molecule has 36 heavy (non-hydrogen) atoms. The quantitative estimate of drug-likeness (QED) is 0.0933. The first-order valence-corrected chi connectivity index (χ1v) is 16.7. The predicted molar refractivity (Wildman–Crippen MR) is 169 cm³/mol. The van der Waals surface area contributed by atoms with Crippen LogP contribution in [0.15, 0.2) is 18.2 Å². The van der Waals surface area contributed by atoms with Gasteiger partial charge in [-0.15, -0.1) is 0 Å². The highest BCUT2D eigenvalue weighted by molar-refractivity contribution is 7.80. The summed E-state index contributed by atoms with van der Waals surface area (Å²) in [6.45, 7) is 4.58. The molecule has 0 bridgehead atoms. The fourth-order valence-corrected chi connectivity index (χ4v) is 5.92. The molecule has 0 aromatic heterocycles. The Morgan fingerprint density at radius 3 is 1.36 bits per heavy atom. The Bertz CT molecular complexity index is 618. The lowest BCUT2D eigenvalue weighted by Crippen LogP contribution is -2.00. The van der Waals surface area contributed by atoms with Crippen LogP contribution < -0.4 is 4.74 Å². The van der Waals surface area contributed by atoms with Crippen LogP contribution in [0.4, 0.5) is 0 Å². The largest absolute Gasteiger partial charge is 0.496 e. The molecule has 0 saturated heterocycles. The maximum atomic E-state index is 5.69. The Kier molecular flexibility index (Phi) is 22.3. The number of benzene rings is 1. The third kappa shape index (κ3) is 16.5. The molecule has 0 heterocycles. The van der Waals surface area contributed by atoms with Gasteiger partial charge in [0.25, 0.3) is 0 Å². The van der Waals surface area contributed by atoms with E-state index < -0.39 is 0 Å². The van der Waals surface area contributed by atoms with Crippen LogP contribution in [-0.2, 0) is 0 Å². The summed E-state index contributed by atoms with van der Waals surface area (Å²) in [7, 11) is 1.78. The number of unbranched alkanes of at least 4 members (excludes halogenated alkanes) is 18.